The zero-order chi connectivity index (χ0) is 9.88. The number of para-hydroxylation sites is 2. The number of benzene rings is 1. The minimum Gasteiger partial charge on any atom is -0.446 e. The summed E-state index contributed by atoms with van der Waals surface area (Å²) in [6.07, 6.45) is 3.53. The molecule has 15 heavy (non-hydrogen) atoms. The van der Waals surface area contributed by atoms with Crippen molar-refractivity contribution in [2.45, 2.75) is 37.3 Å². The zero-order valence-corrected chi connectivity index (χ0v) is 8.31. The Morgan fingerprint density at radius 2 is 1.80 bits per heavy atom. The summed E-state index contributed by atoms with van der Waals surface area (Å²) in [5.74, 6) is 1.20. The minimum atomic E-state index is -0.507. The second-order valence-electron chi connectivity index (χ2n) is 4.49. The van der Waals surface area contributed by atoms with Gasteiger partial charge in [-0.2, -0.15) is 0 Å². The summed E-state index contributed by atoms with van der Waals surface area (Å²) in [6.45, 7) is 0. The largest absolute Gasteiger partial charge is 0.446 e. The molecule has 1 spiro atoms. The second-order valence-corrected chi connectivity index (χ2v) is 4.49. The maximum atomic E-state index is 5.94. The van der Waals surface area contributed by atoms with Gasteiger partial charge in [0.2, 0.25) is 0 Å². The molecule has 0 amide bonds. The van der Waals surface area contributed by atoms with E-state index in [9.17, 15) is 0 Å². The number of ether oxygens (including phenoxy) is 3. The van der Waals surface area contributed by atoms with Crippen molar-refractivity contribution < 1.29 is 14.2 Å². The van der Waals surface area contributed by atoms with E-state index in [1.807, 2.05) is 24.3 Å². The van der Waals surface area contributed by atoms with Crippen LogP contribution in [0.1, 0.15) is 19.3 Å². The van der Waals surface area contributed by atoms with Crippen LogP contribution in [0.15, 0.2) is 24.3 Å². The number of fused-ring (bicyclic) bond motifs is 4. The maximum Gasteiger partial charge on any atom is 0.280 e. The van der Waals surface area contributed by atoms with Crippen LogP contribution < -0.4 is 9.47 Å². The molecule has 2 bridgehead atoms. The highest BCUT2D eigenvalue weighted by molar-refractivity contribution is 5.43. The average molecular weight is 204 g/mol. The molecule has 3 heterocycles. The molecule has 0 aromatic heterocycles. The van der Waals surface area contributed by atoms with Crippen molar-refractivity contribution in [3.05, 3.63) is 24.3 Å². The lowest BCUT2D eigenvalue weighted by atomic mass is 9.94. The molecule has 3 aliphatic heterocycles. The van der Waals surface area contributed by atoms with Crippen molar-refractivity contribution >= 4 is 0 Å². The third kappa shape index (κ3) is 0.939. The molecule has 1 aromatic carbocycles. The van der Waals surface area contributed by atoms with E-state index in [1.165, 1.54) is 0 Å². The third-order valence-electron chi connectivity index (χ3n) is 3.52. The van der Waals surface area contributed by atoms with Gasteiger partial charge in [-0.25, -0.2) is 0 Å². The molecule has 2 unspecified atom stereocenters. The van der Waals surface area contributed by atoms with Crippen LogP contribution >= 0.6 is 0 Å². The first-order valence-corrected chi connectivity index (χ1v) is 5.48. The van der Waals surface area contributed by atoms with Gasteiger partial charge < -0.3 is 14.2 Å². The molecule has 2 saturated heterocycles. The summed E-state index contributed by atoms with van der Waals surface area (Å²) in [5, 5.41) is 0. The Morgan fingerprint density at radius 1 is 1.07 bits per heavy atom. The first kappa shape index (κ1) is 7.99. The van der Waals surface area contributed by atoms with Gasteiger partial charge in [-0.3, -0.25) is 0 Å². The first-order valence-electron chi connectivity index (χ1n) is 5.48. The van der Waals surface area contributed by atoms with Gasteiger partial charge in [0.1, 0.15) is 6.10 Å². The third-order valence-corrected chi connectivity index (χ3v) is 3.52. The van der Waals surface area contributed by atoms with E-state index >= 15 is 0 Å². The molecule has 3 nitrogen and oxygen atoms in total. The lowest BCUT2D eigenvalue weighted by Crippen LogP contribution is -2.47. The second kappa shape index (κ2) is 2.47. The number of hydrogen-bond acceptors (Lipinski definition) is 3. The van der Waals surface area contributed by atoms with Crippen LogP contribution in [0.3, 0.4) is 0 Å². The van der Waals surface area contributed by atoms with Crippen molar-refractivity contribution in [3.63, 3.8) is 0 Å². The van der Waals surface area contributed by atoms with Crippen LogP contribution in [0.5, 0.6) is 11.5 Å². The smallest absolute Gasteiger partial charge is 0.280 e. The number of rotatable bonds is 0. The van der Waals surface area contributed by atoms with Crippen molar-refractivity contribution in [3.8, 4) is 11.5 Å². The van der Waals surface area contributed by atoms with Gasteiger partial charge >= 0.3 is 0 Å². The molecule has 0 radical (unpaired) electrons. The van der Waals surface area contributed by atoms with E-state index < -0.39 is 5.79 Å². The molecule has 2 atom stereocenters. The van der Waals surface area contributed by atoms with Crippen LogP contribution in [0.2, 0.25) is 0 Å². The Bertz CT molecular complexity index is 390. The normalized spacial score (nSPS) is 33.9. The molecular formula is C12H12O3. The van der Waals surface area contributed by atoms with Crippen LogP contribution in [-0.4, -0.2) is 18.0 Å². The fourth-order valence-corrected chi connectivity index (χ4v) is 2.85. The highest BCUT2D eigenvalue weighted by Gasteiger charge is 2.59. The van der Waals surface area contributed by atoms with Gasteiger partial charge in [-0.05, 0) is 25.0 Å². The summed E-state index contributed by atoms with van der Waals surface area (Å²) in [7, 11) is 0. The maximum absolute atomic E-state index is 5.94. The van der Waals surface area contributed by atoms with E-state index in [0.29, 0.717) is 6.10 Å². The molecule has 0 N–H and O–H groups in total. The molecule has 0 aliphatic carbocycles. The Balaban J connectivity index is 1.74. The summed E-state index contributed by atoms with van der Waals surface area (Å²) in [6, 6.07) is 7.84. The molecule has 0 saturated carbocycles. The highest BCUT2D eigenvalue weighted by atomic mass is 16.8. The Kier molecular flexibility index (Phi) is 1.32. The standard InChI is InChI=1S/C12H12O3/c1-2-4-10-9(3-1)14-12(15-10)7-8-5-6-11(12)13-8/h1-4,8,11H,5-7H2. The van der Waals surface area contributed by atoms with Crippen molar-refractivity contribution in [2.24, 2.45) is 0 Å². The van der Waals surface area contributed by atoms with Gasteiger partial charge in [0.05, 0.1) is 12.5 Å². The van der Waals surface area contributed by atoms with E-state index in [-0.39, 0.29) is 6.10 Å². The highest BCUT2D eigenvalue weighted by Crippen LogP contribution is 2.51. The van der Waals surface area contributed by atoms with E-state index in [0.717, 1.165) is 30.8 Å². The van der Waals surface area contributed by atoms with E-state index in [1.54, 1.807) is 0 Å². The van der Waals surface area contributed by atoms with Crippen molar-refractivity contribution in [1.82, 2.24) is 0 Å². The van der Waals surface area contributed by atoms with Gasteiger partial charge in [-0.15, -0.1) is 0 Å². The monoisotopic (exact) mass is 204 g/mol. The van der Waals surface area contributed by atoms with Crippen molar-refractivity contribution in [1.29, 1.82) is 0 Å². The van der Waals surface area contributed by atoms with Crippen molar-refractivity contribution in [2.75, 3.05) is 0 Å². The predicted octanol–water partition coefficient (Wildman–Crippen LogP) is 2.11. The summed E-state index contributed by atoms with van der Waals surface area (Å²) >= 11 is 0. The van der Waals surface area contributed by atoms with Gasteiger partial charge in [0, 0.05) is 0 Å². The topological polar surface area (TPSA) is 27.7 Å². The molecule has 3 aliphatic rings. The first-order chi connectivity index (χ1) is 7.36. The van der Waals surface area contributed by atoms with Gasteiger partial charge in [0.25, 0.3) is 5.79 Å². The Hall–Kier alpha value is -1.22. The fourth-order valence-electron chi connectivity index (χ4n) is 2.85. The van der Waals surface area contributed by atoms with Gasteiger partial charge in [0.15, 0.2) is 11.5 Å². The molecule has 3 heteroatoms. The predicted molar refractivity (Wildman–Crippen MR) is 52.9 cm³/mol. The Morgan fingerprint density at radius 3 is 2.33 bits per heavy atom. The molecule has 2 fully saturated rings. The quantitative estimate of drug-likeness (QED) is 0.647. The van der Waals surface area contributed by atoms with Gasteiger partial charge in [-0.1, -0.05) is 12.1 Å². The molecule has 78 valence electrons. The summed E-state index contributed by atoms with van der Waals surface area (Å²) in [4.78, 5) is 0. The molecule has 1 aromatic rings. The lowest BCUT2D eigenvalue weighted by molar-refractivity contribution is -0.122. The van der Waals surface area contributed by atoms with E-state index in [4.69, 9.17) is 14.2 Å². The zero-order valence-electron chi connectivity index (χ0n) is 8.31. The summed E-state index contributed by atoms with van der Waals surface area (Å²) < 4.78 is 17.7. The van der Waals surface area contributed by atoms with Crippen LogP contribution in [0, 0.1) is 0 Å². The van der Waals surface area contributed by atoms with Crippen LogP contribution in [0.4, 0.5) is 0 Å². The lowest BCUT2D eigenvalue weighted by Gasteiger charge is -2.28. The van der Waals surface area contributed by atoms with Crippen LogP contribution in [-0.2, 0) is 4.74 Å². The fraction of sp³-hybridized carbons (Fsp3) is 0.500. The minimum absolute atomic E-state index is 0.120. The molecular weight excluding hydrogens is 192 g/mol. The SMILES string of the molecule is c1ccc2c(c1)OC1(CC3CCC1O3)O2. The molecule has 4 rings (SSSR count). The Labute approximate surface area is 87.9 Å². The van der Waals surface area contributed by atoms with E-state index in [2.05, 4.69) is 0 Å². The average Bonchev–Trinajstić information content (AvgIpc) is 2.89. The van der Waals surface area contributed by atoms with Crippen LogP contribution in [0.25, 0.3) is 0 Å². The number of hydrogen-bond donors (Lipinski definition) is 0. The summed E-state index contributed by atoms with van der Waals surface area (Å²) in [5.41, 5.74) is 0.